The second kappa shape index (κ2) is 8.23. The highest BCUT2D eigenvalue weighted by molar-refractivity contribution is 6.07. The molecule has 0 radical (unpaired) electrons. The van der Waals surface area contributed by atoms with E-state index in [-0.39, 0.29) is 17.5 Å². The number of anilines is 1. The van der Waals surface area contributed by atoms with Crippen molar-refractivity contribution in [1.29, 1.82) is 5.26 Å². The van der Waals surface area contributed by atoms with E-state index in [4.69, 9.17) is 0 Å². The Balaban J connectivity index is 2.99. The van der Waals surface area contributed by atoms with E-state index in [2.05, 4.69) is 24.5 Å². The fraction of sp³-hybridized carbons (Fsp3) is 0.444. The molecule has 0 aliphatic rings. The normalized spacial score (nSPS) is 12.7. The maximum atomic E-state index is 12.3. The molecule has 1 rings (SSSR count). The van der Waals surface area contributed by atoms with Gasteiger partial charge in [0, 0.05) is 17.9 Å². The van der Waals surface area contributed by atoms with Gasteiger partial charge in [-0.25, -0.2) is 0 Å². The second-order valence-electron chi connectivity index (χ2n) is 5.79. The number of hydrogen-bond donors (Lipinski definition) is 2. The average Bonchev–Trinajstić information content (AvgIpc) is 2.49. The summed E-state index contributed by atoms with van der Waals surface area (Å²) < 4.78 is 0. The van der Waals surface area contributed by atoms with E-state index in [0.717, 1.165) is 23.2 Å². The lowest BCUT2D eigenvalue weighted by Crippen LogP contribution is -2.23. The maximum Gasteiger partial charge on any atom is 0.267 e. The Morgan fingerprint density at radius 1 is 1.36 bits per heavy atom. The SMILES string of the molecule is CCC(C)N/C=C(/C#N)C(=O)Nc1c(C)cccc1C(C)C. The van der Waals surface area contributed by atoms with Crippen LogP contribution in [0.25, 0.3) is 0 Å². The molecule has 0 bridgehead atoms. The predicted octanol–water partition coefficient (Wildman–Crippen LogP) is 3.85. The average molecular weight is 299 g/mol. The third-order valence-corrected chi connectivity index (χ3v) is 3.66. The summed E-state index contributed by atoms with van der Waals surface area (Å²) >= 11 is 0. The number of rotatable bonds is 6. The fourth-order valence-electron chi connectivity index (χ4n) is 2.02. The van der Waals surface area contributed by atoms with E-state index < -0.39 is 0 Å². The van der Waals surface area contributed by atoms with Gasteiger partial charge in [0.1, 0.15) is 11.6 Å². The first-order chi connectivity index (χ1) is 10.4. The van der Waals surface area contributed by atoms with E-state index in [1.54, 1.807) is 0 Å². The lowest BCUT2D eigenvalue weighted by atomic mass is 9.98. The first-order valence-electron chi connectivity index (χ1n) is 7.67. The van der Waals surface area contributed by atoms with Crippen LogP contribution in [0.2, 0.25) is 0 Å². The zero-order valence-electron chi connectivity index (χ0n) is 14.0. The van der Waals surface area contributed by atoms with Crippen LogP contribution in [-0.2, 0) is 4.79 Å². The summed E-state index contributed by atoms with van der Waals surface area (Å²) in [5, 5.41) is 15.1. The quantitative estimate of drug-likeness (QED) is 0.619. The third-order valence-electron chi connectivity index (χ3n) is 3.66. The smallest absolute Gasteiger partial charge is 0.267 e. The molecule has 2 N–H and O–H groups in total. The molecule has 4 nitrogen and oxygen atoms in total. The Hall–Kier alpha value is -2.28. The van der Waals surface area contributed by atoms with E-state index in [1.807, 2.05) is 45.0 Å². The van der Waals surface area contributed by atoms with Gasteiger partial charge in [-0.15, -0.1) is 0 Å². The van der Waals surface area contributed by atoms with E-state index in [9.17, 15) is 10.1 Å². The molecule has 22 heavy (non-hydrogen) atoms. The van der Waals surface area contributed by atoms with Gasteiger partial charge in [0.15, 0.2) is 0 Å². The molecule has 0 fully saturated rings. The second-order valence-corrected chi connectivity index (χ2v) is 5.79. The molecule has 0 spiro atoms. The molecule has 118 valence electrons. The van der Waals surface area contributed by atoms with Gasteiger partial charge >= 0.3 is 0 Å². The van der Waals surface area contributed by atoms with Crippen LogP contribution in [0.4, 0.5) is 5.69 Å². The Morgan fingerprint density at radius 3 is 2.59 bits per heavy atom. The number of amides is 1. The first kappa shape index (κ1) is 17.8. The van der Waals surface area contributed by atoms with E-state index >= 15 is 0 Å². The van der Waals surface area contributed by atoms with Crippen LogP contribution in [0.1, 0.15) is 51.2 Å². The van der Waals surface area contributed by atoms with Crippen LogP contribution >= 0.6 is 0 Å². The van der Waals surface area contributed by atoms with Gasteiger partial charge in [-0.2, -0.15) is 5.26 Å². The Kier molecular flexibility index (Phi) is 6.65. The minimum absolute atomic E-state index is 0.0817. The molecule has 0 saturated heterocycles. The molecule has 1 unspecified atom stereocenters. The Morgan fingerprint density at radius 2 is 2.05 bits per heavy atom. The van der Waals surface area contributed by atoms with Crippen molar-refractivity contribution in [2.75, 3.05) is 5.32 Å². The van der Waals surface area contributed by atoms with Crippen molar-refractivity contribution >= 4 is 11.6 Å². The van der Waals surface area contributed by atoms with Gasteiger partial charge in [0.2, 0.25) is 0 Å². The summed E-state index contributed by atoms with van der Waals surface area (Å²) in [7, 11) is 0. The number of para-hydroxylation sites is 1. The molecule has 0 aromatic heterocycles. The molecule has 1 amide bonds. The van der Waals surface area contributed by atoms with Crippen LogP contribution in [0, 0.1) is 18.3 Å². The fourth-order valence-corrected chi connectivity index (χ4v) is 2.02. The summed E-state index contributed by atoms with van der Waals surface area (Å²) in [5.41, 5.74) is 2.94. The maximum absolute atomic E-state index is 12.3. The van der Waals surface area contributed by atoms with Gasteiger partial charge < -0.3 is 10.6 Å². The minimum Gasteiger partial charge on any atom is -0.387 e. The minimum atomic E-state index is -0.380. The molecule has 0 saturated carbocycles. The summed E-state index contributed by atoms with van der Waals surface area (Å²) in [6.45, 7) is 10.2. The van der Waals surface area contributed by atoms with Gasteiger partial charge in [0.05, 0.1) is 0 Å². The Bertz CT molecular complexity index is 597. The number of nitrogens with one attached hydrogen (secondary N) is 2. The standard InChI is InChI=1S/C18H25N3O/c1-6-14(5)20-11-15(10-19)18(22)21-17-13(4)8-7-9-16(17)12(2)3/h7-9,11-12,14,20H,6H2,1-5H3,(H,21,22)/b15-11-. The molecule has 0 aliphatic carbocycles. The van der Waals surface area contributed by atoms with Gasteiger partial charge in [-0.05, 0) is 37.3 Å². The van der Waals surface area contributed by atoms with Crippen molar-refractivity contribution in [3.63, 3.8) is 0 Å². The summed E-state index contributed by atoms with van der Waals surface area (Å²) in [6.07, 6.45) is 2.42. The zero-order valence-corrected chi connectivity index (χ0v) is 14.0. The predicted molar refractivity (Wildman–Crippen MR) is 90.5 cm³/mol. The van der Waals surface area contributed by atoms with Gasteiger partial charge in [-0.1, -0.05) is 39.0 Å². The molecule has 0 aliphatic heterocycles. The number of nitrogens with zero attached hydrogens (tertiary/aromatic N) is 1. The highest BCUT2D eigenvalue weighted by Gasteiger charge is 2.15. The van der Waals surface area contributed by atoms with E-state index in [1.165, 1.54) is 6.20 Å². The number of carbonyl (C=O) groups is 1. The molecular weight excluding hydrogens is 274 g/mol. The number of nitriles is 1. The van der Waals surface area contributed by atoms with Crippen LogP contribution in [0.3, 0.4) is 0 Å². The van der Waals surface area contributed by atoms with Gasteiger partial charge in [0.25, 0.3) is 5.91 Å². The summed E-state index contributed by atoms with van der Waals surface area (Å²) in [4.78, 5) is 12.3. The highest BCUT2D eigenvalue weighted by Crippen LogP contribution is 2.27. The molecule has 1 aromatic carbocycles. The van der Waals surface area contributed by atoms with Crippen molar-refractivity contribution in [3.8, 4) is 6.07 Å². The van der Waals surface area contributed by atoms with Crippen LogP contribution in [-0.4, -0.2) is 11.9 Å². The van der Waals surface area contributed by atoms with Crippen molar-refractivity contribution in [2.45, 2.75) is 53.0 Å². The molecule has 1 aromatic rings. The number of carbonyl (C=O) groups excluding carboxylic acids is 1. The lowest BCUT2D eigenvalue weighted by Gasteiger charge is -2.16. The number of hydrogen-bond acceptors (Lipinski definition) is 3. The van der Waals surface area contributed by atoms with Gasteiger partial charge in [-0.3, -0.25) is 4.79 Å². The van der Waals surface area contributed by atoms with Crippen LogP contribution in [0.15, 0.2) is 30.0 Å². The first-order valence-corrected chi connectivity index (χ1v) is 7.67. The summed E-state index contributed by atoms with van der Waals surface area (Å²) in [6, 6.07) is 8.11. The molecule has 0 heterocycles. The van der Waals surface area contributed by atoms with E-state index in [0.29, 0.717) is 5.92 Å². The van der Waals surface area contributed by atoms with Crippen LogP contribution < -0.4 is 10.6 Å². The number of benzene rings is 1. The van der Waals surface area contributed by atoms with Crippen LogP contribution in [0.5, 0.6) is 0 Å². The van der Waals surface area contributed by atoms with Crippen molar-refractivity contribution in [1.82, 2.24) is 5.32 Å². The molecule has 1 atom stereocenters. The van der Waals surface area contributed by atoms with Crippen molar-refractivity contribution in [3.05, 3.63) is 41.1 Å². The Labute approximate surface area is 133 Å². The lowest BCUT2D eigenvalue weighted by molar-refractivity contribution is -0.112. The monoisotopic (exact) mass is 299 g/mol. The molecule has 4 heteroatoms. The van der Waals surface area contributed by atoms with Crippen molar-refractivity contribution < 1.29 is 4.79 Å². The largest absolute Gasteiger partial charge is 0.387 e. The van der Waals surface area contributed by atoms with Crippen molar-refractivity contribution in [2.24, 2.45) is 0 Å². The summed E-state index contributed by atoms with van der Waals surface area (Å²) in [5.74, 6) is -0.0857. The topological polar surface area (TPSA) is 64.9 Å². The third kappa shape index (κ3) is 4.63. The number of aryl methyl sites for hydroxylation is 1. The zero-order chi connectivity index (χ0) is 16.7. The molecular formula is C18H25N3O. The highest BCUT2D eigenvalue weighted by atomic mass is 16.1.